The molecule has 0 aromatic heterocycles. The minimum Gasteiger partial charge on any atom is -0.507 e. The predicted molar refractivity (Wildman–Crippen MR) is 115 cm³/mol. The molecule has 0 saturated heterocycles. The van der Waals surface area contributed by atoms with Gasteiger partial charge < -0.3 is 33.5 Å². The van der Waals surface area contributed by atoms with Gasteiger partial charge in [-0.25, -0.2) is 0 Å². The molecule has 0 atom stereocenters. The minimum absolute atomic E-state index is 0.0165. The van der Waals surface area contributed by atoms with Gasteiger partial charge in [0.05, 0.1) is 14.2 Å². The summed E-state index contributed by atoms with van der Waals surface area (Å²) in [6.45, 7) is 3.27. The number of benzene rings is 2. The Bertz CT molecular complexity index is 949. The highest BCUT2D eigenvalue weighted by Gasteiger charge is 2.25. The Morgan fingerprint density at radius 3 is 2.10 bits per heavy atom. The second kappa shape index (κ2) is 11.2. The summed E-state index contributed by atoms with van der Waals surface area (Å²) in [5.74, 6) is 1.00. The van der Waals surface area contributed by atoms with Gasteiger partial charge in [0.25, 0.3) is 0 Å². The average molecular weight is 432 g/mol. The van der Waals surface area contributed by atoms with Gasteiger partial charge in [0.2, 0.25) is 0 Å². The zero-order chi connectivity index (χ0) is 23.0. The van der Waals surface area contributed by atoms with Crippen molar-refractivity contribution >= 4 is 11.9 Å². The molecule has 31 heavy (non-hydrogen) atoms. The van der Waals surface area contributed by atoms with Crippen LogP contribution in [0.15, 0.2) is 24.3 Å². The Hall–Kier alpha value is -3.23. The van der Waals surface area contributed by atoms with Crippen molar-refractivity contribution in [1.29, 1.82) is 0 Å². The first kappa shape index (κ1) is 24.0. The third-order valence-electron chi connectivity index (χ3n) is 4.56. The van der Waals surface area contributed by atoms with Crippen LogP contribution in [0.2, 0.25) is 0 Å². The zero-order valence-electron chi connectivity index (χ0n) is 18.6. The van der Waals surface area contributed by atoms with E-state index in [1.807, 2.05) is 0 Å². The number of methoxy groups -OCH3 is 4. The molecule has 0 bridgehead atoms. The maximum absolute atomic E-state index is 13.0. The number of phenolic OH excluding ortho intramolecular Hbond substituents is 1. The second-order valence-electron chi connectivity index (χ2n) is 6.55. The first-order valence-corrected chi connectivity index (χ1v) is 9.43. The Labute approximate surface area is 181 Å². The Morgan fingerprint density at radius 2 is 1.52 bits per heavy atom. The van der Waals surface area contributed by atoms with Crippen molar-refractivity contribution in [3.63, 3.8) is 0 Å². The molecular weight excluding hydrogens is 404 g/mol. The molecule has 0 amide bonds. The third kappa shape index (κ3) is 5.48. The Morgan fingerprint density at radius 1 is 0.903 bits per heavy atom. The first-order chi connectivity index (χ1) is 14.9. The van der Waals surface area contributed by atoms with Crippen LogP contribution in [0.3, 0.4) is 0 Å². The molecule has 2 aromatic rings. The van der Waals surface area contributed by atoms with Crippen LogP contribution in [0.1, 0.15) is 27.0 Å². The third-order valence-corrected chi connectivity index (χ3v) is 4.56. The van der Waals surface area contributed by atoms with Crippen LogP contribution in [0.5, 0.6) is 28.7 Å². The number of carbonyl (C=O) groups excluding carboxylic acids is 1. The first-order valence-electron chi connectivity index (χ1n) is 9.43. The molecule has 0 aliphatic heterocycles. The minimum atomic E-state index is -0.442. The van der Waals surface area contributed by atoms with Gasteiger partial charge >= 0.3 is 0 Å². The summed E-state index contributed by atoms with van der Waals surface area (Å²) in [5, 5.41) is 10.8. The molecule has 2 rings (SSSR count). The van der Waals surface area contributed by atoms with E-state index in [9.17, 15) is 9.90 Å². The molecule has 0 saturated carbocycles. The van der Waals surface area contributed by atoms with E-state index in [2.05, 4.69) is 0 Å². The molecule has 8 heteroatoms. The molecular formula is C23H28O8. The van der Waals surface area contributed by atoms with E-state index in [-0.39, 0.29) is 30.6 Å². The van der Waals surface area contributed by atoms with E-state index in [0.29, 0.717) is 28.4 Å². The largest absolute Gasteiger partial charge is 0.507 e. The van der Waals surface area contributed by atoms with Gasteiger partial charge in [0, 0.05) is 25.3 Å². The van der Waals surface area contributed by atoms with E-state index in [1.54, 1.807) is 45.2 Å². The smallest absolute Gasteiger partial charge is 0.193 e. The summed E-state index contributed by atoms with van der Waals surface area (Å²) in [7, 11) is 6.03. The summed E-state index contributed by atoms with van der Waals surface area (Å²) in [5.41, 5.74) is 1.70. The van der Waals surface area contributed by atoms with E-state index < -0.39 is 5.78 Å². The van der Waals surface area contributed by atoms with Gasteiger partial charge in [-0.05, 0) is 37.6 Å². The molecule has 1 N–H and O–H groups in total. The Balaban J connectivity index is 2.48. The van der Waals surface area contributed by atoms with Crippen molar-refractivity contribution in [3.05, 3.63) is 46.5 Å². The van der Waals surface area contributed by atoms with Crippen LogP contribution in [0.4, 0.5) is 0 Å². The molecule has 0 spiro atoms. The number of ether oxygens (including phenoxy) is 6. The fraction of sp³-hybridized carbons (Fsp3) is 0.348. The van der Waals surface area contributed by atoms with Crippen LogP contribution < -0.4 is 18.9 Å². The standard InChI is InChI=1S/C23H28O8/c1-14-21(25)20(23(31-13-27-4)15(2)22(14)30-12-26-3)17(24)9-7-16-8-10-18(28-5)19(11-16)29-6/h7-11,25H,12-13H2,1-6H3/b9-7+. The number of aromatic hydroxyl groups is 1. The van der Waals surface area contributed by atoms with Crippen LogP contribution in [-0.2, 0) is 9.47 Å². The lowest BCUT2D eigenvalue weighted by atomic mass is 9.98. The monoisotopic (exact) mass is 432 g/mol. The summed E-state index contributed by atoms with van der Waals surface area (Å²) < 4.78 is 31.6. The van der Waals surface area contributed by atoms with Gasteiger partial charge in [-0.2, -0.15) is 0 Å². The second-order valence-corrected chi connectivity index (χ2v) is 6.55. The van der Waals surface area contributed by atoms with E-state index >= 15 is 0 Å². The lowest BCUT2D eigenvalue weighted by Crippen LogP contribution is -2.10. The van der Waals surface area contributed by atoms with Gasteiger partial charge in [-0.15, -0.1) is 0 Å². The molecule has 0 aliphatic rings. The fourth-order valence-corrected chi connectivity index (χ4v) is 3.05. The Kier molecular flexibility index (Phi) is 8.72. The van der Waals surface area contributed by atoms with E-state index in [0.717, 1.165) is 5.56 Å². The molecule has 0 radical (unpaired) electrons. The van der Waals surface area contributed by atoms with Crippen molar-refractivity contribution in [2.75, 3.05) is 42.0 Å². The average Bonchev–Trinajstić information content (AvgIpc) is 2.78. The SMILES string of the molecule is COCOc1c(C)c(O)c(C(=O)/C=C/c2ccc(OC)c(OC)c2)c(OCOC)c1C. The van der Waals surface area contributed by atoms with Crippen molar-refractivity contribution in [1.82, 2.24) is 0 Å². The van der Waals surface area contributed by atoms with Crippen molar-refractivity contribution < 1.29 is 38.3 Å². The zero-order valence-corrected chi connectivity index (χ0v) is 18.6. The summed E-state index contributed by atoms with van der Waals surface area (Å²) >= 11 is 0. The number of hydrogen-bond acceptors (Lipinski definition) is 8. The van der Waals surface area contributed by atoms with Crippen LogP contribution in [0.25, 0.3) is 6.08 Å². The number of carbonyl (C=O) groups is 1. The summed E-state index contributed by atoms with van der Waals surface area (Å²) in [4.78, 5) is 13.0. The van der Waals surface area contributed by atoms with Crippen molar-refractivity contribution in [2.45, 2.75) is 13.8 Å². The predicted octanol–water partition coefficient (Wildman–Crippen LogP) is 3.89. The maximum Gasteiger partial charge on any atom is 0.193 e. The lowest BCUT2D eigenvalue weighted by Gasteiger charge is -2.20. The van der Waals surface area contributed by atoms with Gasteiger partial charge in [0.15, 0.2) is 30.9 Å². The molecule has 8 nitrogen and oxygen atoms in total. The topological polar surface area (TPSA) is 92.7 Å². The summed E-state index contributed by atoms with van der Waals surface area (Å²) in [6.07, 6.45) is 2.97. The van der Waals surface area contributed by atoms with E-state index in [1.165, 1.54) is 27.4 Å². The number of hydrogen-bond donors (Lipinski definition) is 1. The van der Waals surface area contributed by atoms with Crippen LogP contribution >= 0.6 is 0 Å². The summed E-state index contributed by atoms with van der Waals surface area (Å²) in [6, 6.07) is 5.26. The number of allylic oxidation sites excluding steroid dienone is 1. The maximum atomic E-state index is 13.0. The molecule has 168 valence electrons. The molecule has 0 unspecified atom stereocenters. The number of phenols is 1. The van der Waals surface area contributed by atoms with Crippen molar-refractivity contribution in [2.24, 2.45) is 0 Å². The molecule has 0 heterocycles. The highest BCUT2D eigenvalue weighted by Crippen LogP contribution is 2.43. The highest BCUT2D eigenvalue weighted by molar-refractivity contribution is 6.11. The quantitative estimate of drug-likeness (QED) is 0.325. The number of ketones is 1. The van der Waals surface area contributed by atoms with Crippen LogP contribution in [0, 0.1) is 13.8 Å². The molecule has 2 aromatic carbocycles. The van der Waals surface area contributed by atoms with Gasteiger partial charge in [-0.3, -0.25) is 4.79 Å². The highest BCUT2D eigenvalue weighted by atomic mass is 16.7. The van der Waals surface area contributed by atoms with E-state index in [4.69, 9.17) is 28.4 Å². The van der Waals surface area contributed by atoms with Crippen molar-refractivity contribution in [3.8, 4) is 28.7 Å². The van der Waals surface area contributed by atoms with Gasteiger partial charge in [0.1, 0.15) is 22.8 Å². The molecule has 0 aliphatic carbocycles. The molecule has 0 fully saturated rings. The normalized spacial score (nSPS) is 10.9. The van der Waals surface area contributed by atoms with Gasteiger partial charge in [-0.1, -0.05) is 12.1 Å². The lowest BCUT2D eigenvalue weighted by molar-refractivity contribution is 0.0439. The fourth-order valence-electron chi connectivity index (χ4n) is 3.05. The number of rotatable bonds is 11. The van der Waals surface area contributed by atoms with Crippen LogP contribution in [-0.4, -0.2) is 52.9 Å².